The lowest BCUT2D eigenvalue weighted by Gasteiger charge is -2.10. The molecule has 0 aliphatic rings. The summed E-state index contributed by atoms with van der Waals surface area (Å²) in [6.45, 7) is 4.29. The summed E-state index contributed by atoms with van der Waals surface area (Å²) in [5, 5.41) is 3.91. The first kappa shape index (κ1) is 15.5. The monoisotopic (exact) mass is 291 g/mol. The van der Waals surface area contributed by atoms with Crippen molar-refractivity contribution in [1.29, 1.82) is 0 Å². The van der Waals surface area contributed by atoms with Gasteiger partial charge in [0.25, 0.3) is 0 Å². The molecular formula is C15H21N3O3. The van der Waals surface area contributed by atoms with Gasteiger partial charge in [-0.15, -0.1) is 0 Å². The van der Waals surface area contributed by atoms with Crippen LogP contribution >= 0.6 is 0 Å². The van der Waals surface area contributed by atoms with Crippen LogP contribution in [-0.4, -0.2) is 30.0 Å². The Labute approximate surface area is 124 Å². The summed E-state index contributed by atoms with van der Waals surface area (Å²) in [5.74, 6) is 1.83. The van der Waals surface area contributed by atoms with E-state index in [9.17, 15) is 0 Å². The molecule has 1 aromatic carbocycles. The highest BCUT2D eigenvalue weighted by Crippen LogP contribution is 2.15. The normalized spacial score (nSPS) is 12.6. The second-order valence-corrected chi connectivity index (χ2v) is 5.06. The minimum Gasteiger partial charge on any atom is -0.497 e. The van der Waals surface area contributed by atoms with Gasteiger partial charge in [-0.05, 0) is 31.5 Å². The van der Waals surface area contributed by atoms with Crippen LogP contribution in [0, 0.1) is 0 Å². The Bertz CT molecular complexity index is 552. The van der Waals surface area contributed by atoms with E-state index in [4.69, 9.17) is 19.7 Å². The number of nitrogens with two attached hydrogens (primary N) is 1. The summed E-state index contributed by atoms with van der Waals surface area (Å²) >= 11 is 0. The minimum atomic E-state index is -0.374. The number of aromatic nitrogens is 2. The Morgan fingerprint density at radius 1 is 1.24 bits per heavy atom. The molecule has 1 atom stereocenters. The molecular weight excluding hydrogens is 270 g/mol. The standard InChI is InChI=1S/C15H21N3O3/c1-10(2)20-9-13(16)15-17-14(21-18-15)8-11-4-6-12(19-3)7-5-11/h4-7,10,13H,8-9,16H2,1-3H3. The summed E-state index contributed by atoms with van der Waals surface area (Å²) in [5.41, 5.74) is 7.03. The summed E-state index contributed by atoms with van der Waals surface area (Å²) < 4.78 is 15.8. The lowest BCUT2D eigenvalue weighted by atomic mass is 10.1. The lowest BCUT2D eigenvalue weighted by Crippen LogP contribution is -2.20. The fourth-order valence-corrected chi connectivity index (χ4v) is 1.78. The summed E-state index contributed by atoms with van der Waals surface area (Å²) in [6.07, 6.45) is 0.691. The van der Waals surface area contributed by atoms with Gasteiger partial charge < -0.3 is 19.7 Å². The van der Waals surface area contributed by atoms with Crippen molar-refractivity contribution < 1.29 is 14.0 Å². The summed E-state index contributed by atoms with van der Waals surface area (Å²) in [7, 11) is 1.64. The van der Waals surface area contributed by atoms with E-state index in [1.165, 1.54) is 0 Å². The molecule has 0 saturated carbocycles. The van der Waals surface area contributed by atoms with Crippen molar-refractivity contribution in [2.75, 3.05) is 13.7 Å². The third-order valence-corrected chi connectivity index (χ3v) is 2.94. The number of ether oxygens (including phenoxy) is 2. The van der Waals surface area contributed by atoms with Crippen molar-refractivity contribution in [3.8, 4) is 5.75 Å². The van der Waals surface area contributed by atoms with Crippen LogP contribution in [0.4, 0.5) is 0 Å². The van der Waals surface area contributed by atoms with Gasteiger partial charge in [0.1, 0.15) is 5.75 Å². The minimum absolute atomic E-state index is 0.127. The number of hydrogen-bond acceptors (Lipinski definition) is 6. The summed E-state index contributed by atoms with van der Waals surface area (Å²) in [6, 6.07) is 7.35. The maximum atomic E-state index is 5.96. The molecule has 1 unspecified atom stereocenters. The van der Waals surface area contributed by atoms with E-state index in [0.29, 0.717) is 24.7 Å². The average molecular weight is 291 g/mol. The van der Waals surface area contributed by atoms with Crippen molar-refractivity contribution in [1.82, 2.24) is 10.1 Å². The van der Waals surface area contributed by atoms with Crippen LogP contribution in [0.2, 0.25) is 0 Å². The summed E-state index contributed by atoms with van der Waals surface area (Å²) in [4.78, 5) is 4.31. The quantitative estimate of drug-likeness (QED) is 0.841. The fourth-order valence-electron chi connectivity index (χ4n) is 1.78. The van der Waals surface area contributed by atoms with E-state index < -0.39 is 0 Å². The number of nitrogens with zero attached hydrogens (tertiary/aromatic N) is 2. The van der Waals surface area contributed by atoms with Crippen LogP contribution in [0.25, 0.3) is 0 Å². The van der Waals surface area contributed by atoms with Crippen molar-refractivity contribution in [2.45, 2.75) is 32.4 Å². The van der Waals surface area contributed by atoms with E-state index in [1.54, 1.807) is 7.11 Å². The molecule has 1 aromatic heterocycles. The second-order valence-electron chi connectivity index (χ2n) is 5.06. The van der Waals surface area contributed by atoms with Crippen molar-refractivity contribution in [3.63, 3.8) is 0 Å². The van der Waals surface area contributed by atoms with Gasteiger partial charge in [0.15, 0.2) is 5.82 Å². The average Bonchev–Trinajstić information content (AvgIpc) is 2.94. The molecule has 2 N–H and O–H groups in total. The van der Waals surface area contributed by atoms with Gasteiger partial charge in [0, 0.05) is 0 Å². The second kappa shape index (κ2) is 7.19. The first-order valence-corrected chi connectivity index (χ1v) is 6.91. The lowest BCUT2D eigenvalue weighted by molar-refractivity contribution is 0.0665. The van der Waals surface area contributed by atoms with Gasteiger partial charge >= 0.3 is 0 Å². The van der Waals surface area contributed by atoms with Crippen LogP contribution in [0.5, 0.6) is 5.75 Å². The van der Waals surface area contributed by atoms with E-state index in [1.807, 2.05) is 38.1 Å². The highest BCUT2D eigenvalue weighted by molar-refractivity contribution is 5.28. The van der Waals surface area contributed by atoms with E-state index in [0.717, 1.165) is 11.3 Å². The van der Waals surface area contributed by atoms with Gasteiger partial charge in [-0.3, -0.25) is 0 Å². The van der Waals surface area contributed by atoms with E-state index in [2.05, 4.69) is 10.1 Å². The highest BCUT2D eigenvalue weighted by atomic mass is 16.5. The molecule has 1 heterocycles. The van der Waals surface area contributed by atoms with Gasteiger partial charge in [-0.1, -0.05) is 17.3 Å². The predicted molar refractivity (Wildman–Crippen MR) is 78.1 cm³/mol. The Hall–Kier alpha value is -1.92. The largest absolute Gasteiger partial charge is 0.497 e. The van der Waals surface area contributed by atoms with Crippen LogP contribution in [-0.2, 0) is 11.2 Å². The van der Waals surface area contributed by atoms with Gasteiger partial charge in [0.05, 0.1) is 32.3 Å². The smallest absolute Gasteiger partial charge is 0.231 e. The third-order valence-electron chi connectivity index (χ3n) is 2.94. The molecule has 0 bridgehead atoms. The molecule has 21 heavy (non-hydrogen) atoms. The van der Waals surface area contributed by atoms with E-state index >= 15 is 0 Å². The molecule has 0 radical (unpaired) electrons. The molecule has 6 nitrogen and oxygen atoms in total. The van der Waals surface area contributed by atoms with Crippen LogP contribution in [0.1, 0.15) is 37.2 Å². The van der Waals surface area contributed by atoms with E-state index in [-0.39, 0.29) is 12.1 Å². The number of benzene rings is 1. The van der Waals surface area contributed by atoms with Gasteiger partial charge in [-0.25, -0.2) is 0 Å². The van der Waals surface area contributed by atoms with Crippen molar-refractivity contribution in [2.24, 2.45) is 5.73 Å². The Morgan fingerprint density at radius 3 is 2.57 bits per heavy atom. The molecule has 0 aliphatic carbocycles. The zero-order valence-corrected chi connectivity index (χ0v) is 12.6. The van der Waals surface area contributed by atoms with Crippen molar-refractivity contribution >= 4 is 0 Å². The van der Waals surface area contributed by atoms with Crippen LogP contribution in [0.15, 0.2) is 28.8 Å². The van der Waals surface area contributed by atoms with Gasteiger partial charge in [0.2, 0.25) is 5.89 Å². The molecule has 6 heteroatoms. The topological polar surface area (TPSA) is 83.4 Å². The molecule has 2 rings (SSSR count). The molecule has 114 valence electrons. The molecule has 0 saturated heterocycles. The Kier molecular flexibility index (Phi) is 5.30. The van der Waals surface area contributed by atoms with Crippen molar-refractivity contribution in [3.05, 3.63) is 41.5 Å². The van der Waals surface area contributed by atoms with Crippen LogP contribution < -0.4 is 10.5 Å². The van der Waals surface area contributed by atoms with Crippen LogP contribution in [0.3, 0.4) is 0 Å². The highest BCUT2D eigenvalue weighted by Gasteiger charge is 2.15. The molecule has 0 amide bonds. The molecule has 0 aliphatic heterocycles. The molecule has 2 aromatic rings. The first-order chi connectivity index (χ1) is 10.1. The van der Waals surface area contributed by atoms with Gasteiger partial charge in [-0.2, -0.15) is 4.98 Å². The predicted octanol–water partition coefficient (Wildman–Crippen LogP) is 2.09. The Balaban J connectivity index is 1.95. The third kappa shape index (κ3) is 4.54. The Morgan fingerprint density at radius 2 is 1.95 bits per heavy atom. The SMILES string of the molecule is COc1ccc(Cc2nc(C(N)COC(C)C)no2)cc1. The maximum Gasteiger partial charge on any atom is 0.231 e. The number of rotatable bonds is 7. The zero-order chi connectivity index (χ0) is 15.2. The molecule has 0 spiro atoms. The fraction of sp³-hybridized carbons (Fsp3) is 0.467. The molecule has 0 fully saturated rings. The zero-order valence-electron chi connectivity index (χ0n) is 12.6. The maximum absolute atomic E-state index is 5.96. The number of hydrogen-bond donors (Lipinski definition) is 1. The first-order valence-electron chi connectivity index (χ1n) is 6.91. The number of methoxy groups -OCH3 is 1.